The fourth-order valence-corrected chi connectivity index (χ4v) is 1.57. The third-order valence-electron chi connectivity index (χ3n) is 2.40. The average molecular weight is 244 g/mol. The number of rotatable bonds is 2. The van der Waals surface area contributed by atoms with Crippen molar-refractivity contribution in [2.45, 2.75) is 12.6 Å². The van der Waals surface area contributed by atoms with Crippen LogP contribution in [-0.4, -0.2) is 12.1 Å². The van der Waals surface area contributed by atoms with E-state index in [0.29, 0.717) is 12.2 Å². The molecule has 8 N–H and O–H groups in total. The summed E-state index contributed by atoms with van der Waals surface area (Å²) < 4.78 is 0. The molecule has 1 aromatic carbocycles. The summed E-state index contributed by atoms with van der Waals surface area (Å²) >= 11 is 0. The predicted octanol–water partition coefficient (Wildman–Crippen LogP) is 0.270. The number of aliphatic imine (C=N–C) groups is 1. The predicted molar refractivity (Wildman–Crippen MR) is 73.4 cm³/mol. The lowest BCUT2D eigenvalue weighted by molar-refractivity contribution is 0.761. The summed E-state index contributed by atoms with van der Waals surface area (Å²) in [6, 6.07) is 7.43. The average Bonchev–Trinajstić information content (AvgIpc) is 2.29. The molecule has 0 saturated carbocycles. The van der Waals surface area contributed by atoms with Gasteiger partial charge < -0.3 is 27.8 Å². The molecule has 0 radical (unpaired) electrons. The lowest BCUT2D eigenvalue weighted by atomic mass is 10.2. The van der Waals surface area contributed by atoms with Crippen LogP contribution in [0.5, 0.6) is 0 Å². The molecule has 1 unspecified atom stereocenters. The van der Waals surface area contributed by atoms with Gasteiger partial charge in [-0.3, -0.25) is 0 Å². The fraction of sp³-hybridized carbons (Fsp3) is 0.167. The standard InChI is InChI=1S/C12H16N6/c13-8-4-6-9(7-5-8)16-11-3-1-2-10(14)17-12(15)18-11/h1,4-7,11,16H,3,13-14H2,(H3,15,17,18). The third-order valence-corrected chi connectivity index (χ3v) is 2.40. The highest BCUT2D eigenvalue weighted by molar-refractivity contribution is 5.80. The van der Waals surface area contributed by atoms with E-state index in [2.05, 4.69) is 21.4 Å². The molecule has 2 rings (SSSR count). The topological polar surface area (TPSA) is 114 Å². The molecule has 0 saturated heterocycles. The molecule has 0 fully saturated rings. The molecular weight excluding hydrogens is 228 g/mol. The molecule has 0 aromatic heterocycles. The maximum absolute atomic E-state index is 5.69. The molecule has 0 aliphatic carbocycles. The van der Waals surface area contributed by atoms with Crippen LogP contribution >= 0.6 is 0 Å². The second-order valence-corrected chi connectivity index (χ2v) is 3.92. The maximum atomic E-state index is 5.69. The first-order chi connectivity index (χ1) is 8.63. The molecular formula is C12H16N6. The zero-order valence-electron chi connectivity index (χ0n) is 9.85. The van der Waals surface area contributed by atoms with Crippen LogP contribution in [0, 0.1) is 0 Å². The van der Waals surface area contributed by atoms with E-state index in [-0.39, 0.29) is 12.1 Å². The molecule has 6 heteroatoms. The van der Waals surface area contributed by atoms with Gasteiger partial charge in [-0.2, -0.15) is 0 Å². The minimum Gasteiger partial charge on any atom is -0.399 e. The van der Waals surface area contributed by atoms with E-state index < -0.39 is 0 Å². The molecule has 1 aliphatic rings. The van der Waals surface area contributed by atoms with E-state index in [1.165, 1.54) is 0 Å². The van der Waals surface area contributed by atoms with Crippen LogP contribution in [0.25, 0.3) is 0 Å². The number of hydrogen-bond donors (Lipinski definition) is 5. The van der Waals surface area contributed by atoms with Crippen LogP contribution in [-0.2, 0) is 0 Å². The summed E-state index contributed by atoms with van der Waals surface area (Å²) in [4.78, 5) is 4.27. The van der Waals surface area contributed by atoms with Crippen LogP contribution in [0.15, 0.2) is 46.9 Å². The Kier molecular flexibility index (Phi) is 3.41. The Morgan fingerprint density at radius 3 is 2.67 bits per heavy atom. The Labute approximate surface area is 105 Å². The lowest BCUT2D eigenvalue weighted by Gasteiger charge is -2.17. The summed E-state index contributed by atoms with van der Waals surface area (Å²) in [5.41, 5.74) is 21.4. The Balaban J connectivity index is 2.11. The van der Waals surface area contributed by atoms with Crippen molar-refractivity contribution in [3.8, 4) is 0 Å². The highest BCUT2D eigenvalue weighted by Gasteiger charge is 2.08. The highest BCUT2D eigenvalue weighted by Crippen LogP contribution is 2.13. The Morgan fingerprint density at radius 1 is 1.22 bits per heavy atom. The zero-order valence-corrected chi connectivity index (χ0v) is 9.85. The van der Waals surface area contributed by atoms with Crippen molar-refractivity contribution in [3.63, 3.8) is 0 Å². The van der Waals surface area contributed by atoms with Crippen molar-refractivity contribution >= 4 is 17.3 Å². The van der Waals surface area contributed by atoms with Gasteiger partial charge in [0.15, 0.2) is 5.96 Å². The molecule has 0 spiro atoms. The molecule has 1 atom stereocenters. The van der Waals surface area contributed by atoms with Crippen molar-refractivity contribution in [2.24, 2.45) is 16.5 Å². The van der Waals surface area contributed by atoms with Crippen LogP contribution < -0.4 is 27.8 Å². The lowest BCUT2D eigenvalue weighted by Crippen LogP contribution is -2.36. The second-order valence-electron chi connectivity index (χ2n) is 3.92. The summed E-state index contributed by atoms with van der Waals surface area (Å²) in [5.74, 6) is 0.628. The molecule has 1 aliphatic heterocycles. The number of hydrogen-bond acceptors (Lipinski definition) is 6. The van der Waals surface area contributed by atoms with Crippen LogP contribution in [0.2, 0.25) is 0 Å². The molecule has 18 heavy (non-hydrogen) atoms. The van der Waals surface area contributed by atoms with E-state index in [9.17, 15) is 0 Å². The number of benzene rings is 1. The van der Waals surface area contributed by atoms with E-state index in [1.807, 2.05) is 30.3 Å². The molecule has 1 aromatic rings. The normalized spacial score (nSPS) is 19.0. The molecule has 6 nitrogen and oxygen atoms in total. The van der Waals surface area contributed by atoms with Crippen molar-refractivity contribution in [1.29, 1.82) is 0 Å². The number of nitrogens with two attached hydrogens (primary N) is 3. The van der Waals surface area contributed by atoms with Crippen molar-refractivity contribution in [2.75, 3.05) is 11.1 Å². The first-order valence-corrected chi connectivity index (χ1v) is 5.56. The minimum atomic E-state index is -0.165. The van der Waals surface area contributed by atoms with Gasteiger partial charge >= 0.3 is 0 Å². The second kappa shape index (κ2) is 5.16. The summed E-state index contributed by atoms with van der Waals surface area (Å²) in [7, 11) is 0. The summed E-state index contributed by atoms with van der Waals surface area (Å²) in [5, 5.41) is 5.96. The monoisotopic (exact) mass is 244 g/mol. The summed E-state index contributed by atoms with van der Waals surface area (Å²) in [6.07, 6.45) is 2.29. The fourth-order valence-electron chi connectivity index (χ4n) is 1.57. The van der Waals surface area contributed by atoms with Crippen molar-refractivity contribution in [3.05, 3.63) is 41.9 Å². The van der Waals surface area contributed by atoms with Gasteiger partial charge in [-0.1, -0.05) is 5.73 Å². The van der Waals surface area contributed by atoms with Gasteiger partial charge in [0.05, 0.1) is 0 Å². The Bertz CT molecular complexity index is 510. The van der Waals surface area contributed by atoms with Crippen LogP contribution in [0.1, 0.15) is 6.42 Å². The Hall–Kier alpha value is -2.59. The van der Waals surface area contributed by atoms with Gasteiger partial charge in [0.2, 0.25) is 0 Å². The van der Waals surface area contributed by atoms with E-state index in [4.69, 9.17) is 17.2 Å². The third kappa shape index (κ3) is 3.20. The highest BCUT2D eigenvalue weighted by atomic mass is 15.2. The smallest absolute Gasteiger partial charge is 0.196 e. The number of guanidine groups is 1. The van der Waals surface area contributed by atoms with E-state index >= 15 is 0 Å². The number of anilines is 2. The quantitative estimate of drug-likeness (QED) is 0.378. The van der Waals surface area contributed by atoms with Crippen molar-refractivity contribution in [1.82, 2.24) is 5.32 Å². The van der Waals surface area contributed by atoms with Crippen LogP contribution in [0.3, 0.4) is 0 Å². The number of nitrogen functional groups attached to an aromatic ring is 1. The molecule has 0 bridgehead atoms. The summed E-state index contributed by atoms with van der Waals surface area (Å²) in [6.45, 7) is 0. The van der Waals surface area contributed by atoms with Gasteiger partial charge in [-0.05, 0) is 30.3 Å². The van der Waals surface area contributed by atoms with Gasteiger partial charge in [0.1, 0.15) is 12.0 Å². The Morgan fingerprint density at radius 2 is 1.94 bits per heavy atom. The van der Waals surface area contributed by atoms with Gasteiger partial charge in [-0.15, -0.1) is 0 Å². The van der Waals surface area contributed by atoms with E-state index in [1.54, 1.807) is 0 Å². The van der Waals surface area contributed by atoms with Crippen molar-refractivity contribution < 1.29 is 0 Å². The zero-order chi connectivity index (χ0) is 13.0. The minimum absolute atomic E-state index is 0.165. The van der Waals surface area contributed by atoms with Gasteiger partial charge in [0.25, 0.3) is 0 Å². The largest absolute Gasteiger partial charge is 0.399 e. The molecule has 0 amide bonds. The molecule has 94 valence electrons. The molecule has 1 heterocycles. The van der Waals surface area contributed by atoms with Gasteiger partial charge in [0, 0.05) is 17.8 Å². The van der Waals surface area contributed by atoms with Crippen LogP contribution in [0.4, 0.5) is 11.4 Å². The van der Waals surface area contributed by atoms with E-state index in [0.717, 1.165) is 11.4 Å². The maximum Gasteiger partial charge on any atom is 0.196 e. The SMILES string of the molecule is NC1=C=CCC(Nc2ccc(N)cc2)N=C(N)N1. The number of nitrogens with one attached hydrogen (secondary N) is 2. The first-order valence-electron chi connectivity index (χ1n) is 5.56. The van der Waals surface area contributed by atoms with Gasteiger partial charge in [-0.25, -0.2) is 4.99 Å². The number of nitrogens with zero attached hydrogens (tertiary/aromatic N) is 1. The first kappa shape index (κ1) is 11.9.